The molecule has 3 aromatic carbocycles. The molecule has 0 bridgehead atoms. The molecular weight excluding hydrogens is 290 g/mol. The largest absolute Gasteiger partial charge is 0.253 e. The Morgan fingerprint density at radius 1 is 0.792 bits per heavy atom. The van der Waals surface area contributed by atoms with Crippen LogP contribution < -0.4 is 0 Å². The van der Waals surface area contributed by atoms with Crippen LogP contribution in [0.3, 0.4) is 0 Å². The second-order valence-electron chi connectivity index (χ2n) is 6.39. The molecular formula is C23H21N. The van der Waals surface area contributed by atoms with Crippen molar-refractivity contribution < 1.29 is 0 Å². The lowest BCUT2D eigenvalue weighted by Crippen LogP contribution is -1.99. The third-order valence-corrected chi connectivity index (χ3v) is 4.85. The normalized spacial score (nSPS) is 12.8. The summed E-state index contributed by atoms with van der Waals surface area (Å²) in [7, 11) is 0. The summed E-state index contributed by atoms with van der Waals surface area (Å²) < 4.78 is 0. The van der Waals surface area contributed by atoms with Gasteiger partial charge in [-0.2, -0.15) is 0 Å². The van der Waals surface area contributed by atoms with Crippen LogP contribution in [0.2, 0.25) is 0 Å². The smallest absolute Gasteiger partial charge is 0.0668 e. The molecule has 1 heterocycles. The van der Waals surface area contributed by atoms with Gasteiger partial charge in [0.1, 0.15) is 0 Å². The van der Waals surface area contributed by atoms with Gasteiger partial charge in [-0.15, -0.1) is 0 Å². The number of aryl methyl sites for hydroxylation is 1. The minimum Gasteiger partial charge on any atom is -0.253 e. The molecule has 0 amide bonds. The molecule has 24 heavy (non-hydrogen) atoms. The predicted molar refractivity (Wildman–Crippen MR) is 102 cm³/mol. The molecule has 3 aromatic rings. The van der Waals surface area contributed by atoms with Gasteiger partial charge < -0.3 is 0 Å². The van der Waals surface area contributed by atoms with Crippen LogP contribution in [-0.4, -0.2) is 5.71 Å². The minimum atomic E-state index is 0.921. The lowest BCUT2D eigenvalue weighted by atomic mass is 9.90. The zero-order valence-corrected chi connectivity index (χ0v) is 14.2. The van der Waals surface area contributed by atoms with Crippen molar-refractivity contribution in [2.45, 2.75) is 26.7 Å². The highest BCUT2D eigenvalue weighted by Crippen LogP contribution is 2.34. The van der Waals surface area contributed by atoms with E-state index < -0.39 is 0 Å². The van der Waals surface area contributed by atoms with E-state index in [2.05, 4.69) is 80.6 Å². The Hall–Kier alpha value is -2.67. The number of rotatable bonds is 1. The van der Waals surface area contributed by atoms with Gasteiger partial charge in [-0.25, -0.2) is 0 Å². The van der Waals surface area contributed by atoms with Crippen molar-refractivity contribution in [3.8, 4) is 11.1 Å². The van der Waals surface area contributed by atoms with Crippen molar-refractivity contribution in [3.63, 3.8) is 0 Å². The van der Waals surface area contributed by atoms with E-state index in [4.69, 9.17) is 4.99 Å². The molecule has 0 aromatic heterocycles. The molecule has 0 unspecified atom stereocenters. The molecule has 0 atom stereocenters. The van der Waals surface area contributed by atoms with Crippen molar-refractivity contribution in [2.75, 3.05) is 0 Å². The first-order valence-electron chi connectivity index (χ1n) is 8.61. The highest BCUT2D eigenvalue weighted by molar-refractivity contribution is 6.06. The lowest BCUT2D eigenvalue weighted by molar-refractivity contribution is 1.11. The first kappa shape index (κ1) is 14.9. The topological polar surface area (TPSA) is 12.4 Å². The van der Waals surface area contributed by atoms with E-state index in [-0.39, 0.29) is 0 Å². The number of para-hydroxylation sites is 1. The Morgan fingerprint density at radius 3 is 2.38 bits per heavy atom. The molecule has 1 nitrogen and oxygen atoms in total. The van der Waals surface area contributed by atoms with E-state index in [0.29, 0.717) is 0 Å². The number of nitrogens with zero attached hydrogens (tertiary/aromatic N) is 1. The van der Waals surface area contributed by atoms with Crippen LogP contribution >= 0.6 is 0 Å². The van der Waals surface area contributed by atoms with Crippen molar-refractivity contribution in [1.82, 2.24) is 0 Å². The second-order valence-corrected chi connectivity index (χ2v) is 6.39. The summed E-state index contributed by atoms with van der Waals surface area (Å²) in [5, 5.41) is 0. The Bertz CT molecular complexity index is 934. The number of aliphatic imine (C=N–C) groups is 1. The summed E-state index contributed by atoms with van der Waals surface area (Å²) in [4.78, 5) is 4.94. The van der Waals surface area contributed by atoms with E-state index in [1.165, 1.54) is 33.4 Å². The quantitative estimate of drug-likeness (QED) is 0.525. The number of fused-ring (bicyclic) bond motifs is 4. The zero-order valence-electron chi connectivity index (χ0n) is 14.2. The summed E-state index contributed by atoms with van der Waals surface area (Å²) in [5.74, 6) is 0. The lowest BCUT2D eigenvalue weighted by Gasteiger charge is -2.14. The van der Waals surface area contributed by atoms with Crippen LogP contribution in [0.4, 0.5) is 5.69 Å². The third kappa shape index (κ3) is 2.56. The van der Waals surface area contributed by atoms with E-state index in [0.717, 1.165) is 24.2 Å². The maximum atomic E-state index is 4.94. The van der Waals surface area contributed by atoms with Crippen molar-refractivity contribution in [3.05, 3.63) is 89.0 Å². The predicted octanol–water partition coefficient (Wildman–Crippen LogP) is 5.96. The fourth-order valence-electron chi connectivity index (χ4n) is 3.52. The summed E-state index contributed by atoms with van der Waals surface area (Å²) in [6.07, 6.45) is 1.98. The van der Waals surface area contributed by atoms with Gasteiger partial charge in [0.2, 0.25) is 0 Å². The molecule has 0 spiro atoms. The molecule has 1 heteroatoms. The van der Waals surface area contributed by atoms with Crippen LogP contribution in [0.15, 0.2) is 71.7 Å². The second kappa shape index (κ2) is 6.09. The van der Waals surface area contributed by atoms with Gasteiger partial charge in [-0.3, -0.25) is 4.99 Å². The van der Waals surface area contributed by atoms with Crippen molar-refractivity contribution in [2.24, 2.45) is 4.99 Å². The molecule has 1 aliphatic heterocycles. The summed E-state index contributed by atoms with van der Waals surface area (Å²) in [6, 6.07) is 24.0. The summed E-state index contributed by atoms with van der Waals surface area (Å²) in [6.45, 7) is 4.33. The molecule has 1 aliphatic rings. The van der Waals surface area contributed by atoms with E-state index in [1.807, 2.05) is 0 Å². The van der Waals surface area contributed by atoms with Crippen molar-refractivity contribution in [1.29, 1.82) is 0 Å². The molecule has 0 aliphatic carbocycles. The zero-order chi connectivity index (χ0) is 16.5. The monoisotopic (exact) mass is 311 g/mol. The SMILES string of the molecule is CCc1ccc2c(c1)Cc1ccccc1N=C(C)c1ccccc1-2. The maximum absolute atomic E-state index is 4.94. The first-order valence-corrected chi connectivity index (χ1v) is 8.61. The average Bonchev–Trinajstić information content (AvgIpc) is 2.67. The van der Waals surface area contributed by atoms with Crippen LogP contribution in [0.1, 0.15) is 36.1 Å². The fraction of sp³-hybridized carbons (Fsp3) is 0.174. The van der Waals surface area contributed by atoms with Gasteiger partial charge in [-0.05, 0) is 47.2 Å². The Balaban J connectivity index is 2.05. The Kier molecular flexibility index (Phi) is 3.78. The number of hydrogen-bond donors (Lipinski definition) is 0. The molecule has 4 rings (SSSR count). The highest BCUT2D eigenvalue weighted by atomic mass is 14.7. The first-order chi connectivity index (χ1) is 11.8. The molecule has 0 radical (unpaired) electrons. The Labute approximate surface area is 143 Å². The molecule has 0 saturated heterocycles. The standard InChI is InChI=1S/C23H21N/c1-3-17-12-13-21-19(14-17)15-18-8-4-7-11-23(18)24-16(2)20-9-5-6-10-22(20)21/h4-14H,3,15H2,1-2H3. The Morgan fingerprint density at radius 2 is 1.54 bits per heavy atom. The van der Waals surface area contributed by atoms with Gasteiger partial charge >= 0.3 is 0 Å². The van der Waals surface area contributed by atoms with Crippen LogP contribution in [0, 0.1) is 0 Å². The summed E-state index contributed by atoms with van der Waals surface area (Å²) >= 11 is 0. The van der Waals surface area contributed by atoms with Gasteiger partial charge in [0.25, 0.3) is 0 Å². The van der Waals surface area contributed by atoms with Gasteiger partial charge in [0, 0.05) is 17.7 Å². The highest BCUT2D eigenvalue weighted by Gasteiger charge is 2.16. The van der Waals surface area contributed by atoms with E-state index in [1.54, 1.807) is 0 Å². The molecule has 0 saturated carbocycles. The minimum absolute atomic E-state index is 0.921. The van der Waals surface area contributed by atoms with Gasteiger partial charge in [0.05, 0.1) is 5.69 Å². The maximum Gasteiger partial charge on any atom is 0.0668 e. The molecule has 118 valence electrons. The van der Waals surface area contributed by atoms with Gasteiger partial charge in [0.15, 0.2) is 0 Å². The summed E-state index contributed by atoms with van der Waals surface area (Å²) in [5.41, 5.74) is 10.1. The van der Waals surface area contributed by atoms with E-state index in [9.17, 15) is 0 Å². The molecule has 0 fully saturated rings. The van der Waals surface area contributed by atoms with Crippen LogP contribution in [0.5, 0.6) is 0 Å². The van der Waals surface area contributed by atoms with Crippen molar-refractivity contribution >= 4 is 11.4 Å². The van der Waals surface area contributed by atoms with Crippen LogP contribution in [-0.2, 0) is 12.8 Å². The number of hydrogen-bond acceptors (Lipinski definition) is 1. The van der Waals surface area contributed by atoms with Gasteiger partial charge in [-0.1, -0.05) is 67.6 Å². The third-order valence-electron chi connectivity index (χ3n) is 4.85. The fourth-order valence-corrected chi connectivity index (χ4v) is 3.52. The molecule has 0 N–H and O–H groups in total. The van der Waals surface area contributed by atoms with Crippen LogP contribution in [0.25, 0.3) is 11.1 Å². The average molecular weight is 311 g/mol. The number of benzene rings is 3. The van der Waals surface area contributed by atoms with E-state index >= 15 is 0 Å².